The number of benzene rings is 2. The van der Waals surface area contributed by atoms with E-state index in [9.17, 15) is 14.7 Å². The minimum atomic E-state index is -1.37. The number of hydrazone groups is 1. The van der Waals surface area contributed by atoms with Crippen molar-refractivity contribution in [3.63, 3.8) is 0 Å². The predicted octanol–water partition coefficient (Wildman–Crippen LogP) is 2.47. The van der Waals surface area contributed by atoms with E-state index in [1.807, 2.05) is 6.92 Å². The highest BCUT2D eigenvalue weighted by atomic mass is 35.5. The number of carbonyl (C=O) groups excluding carboxylic acids is 2. The van der Waals surface area contributed by atoms with Gasteiger partial charge in [-0.15, -0.1) is 0 Å². The first-order valence-electron chi connectivity index (χ1n) is 7.66. The number of ether oxygens (including phenoxy) is 2. The van der Waals surface area contributed by atoms with E-state index in [-0.39, 0.29) is 10.6 Å². The fourth-order valence-corrected chi connectivity index (χ4v) is 2.24. The minimum absolute atomic E-state index is 0.0851. The Balaban J connectivity index is 2.15. The summed E-state index contributed by atoms with van der Waals surface area (Å²) < 4.78 is 10.5. The average Bonchev–Trinajstić information content (AvgIpc) is 2.58. The molecule has 0 atom stereocenters. The number of anilines is 1. The molecule has 0 fully saturated rings. The van der Waals surface area contributed by atoms with Gasteiger partial charge in [-0.05, 0) is 48.9 Å². The number of nitrogens with zero attached hydrogens (tertiary/aromatic N) is 1. The molecule has 0 saturated heterocycles. The third kappa shape index (κ3) is 5.22. The molecule has 0 radical (unpaired) electrons. The summed E-state index contributed by atoms with van der Waals surface area (Å²) in [6.45, 7) is 3.53. The van der Waals surface area contributed by atoms with Gasteiger partial charge < -0.3 is 19.4 Å². The van der Waals surface area contributed by atoms with Crippen LogP contribution in [0, 0.1) is 0 Å². The highest BCUT2D eigenvalue weighted by Gasteiger charge is 2.08. The number of hydrogen-bond donors (Lipinski definition) is 1. The number of carbonyl (C=O) groups is 2. The van der Waals surface area contributed by atoms with Gasteiger partial charge >= 0.3 is 5.97 Å². The van der Waals surface area contributed by atoms with Gasteiger partial charge in [0.1, 0.15) is 0 Å². The molecule has 136 valence electrons. The summed E-state index contributed by atoms with van der Waals surface area (Å²) in [6, 6.07) is 9.31. The zero-order valence-electron chi connectivity index (χ0n) is 14.1. The maximum absolute atomic E-state index is 11.1. The molecule has 0 aliphatic carbocycles. The van der Waals surface area contributed by atoms with Gasteiger partial charge in [-0.1, -0.05) is 11.6 Å². The molecule has 0 aliphatic heterocycles. The van der Waals surface area contributed by atoms with Crippen LogP contribution in [-0.2, 0) is 4.79 Å². The van der Waals surface area contributed by atoms with Crippen LogP contribution in [-0.4, -0.2) is 24.8 Å². The molecule has 0 saturated carbocycles. The maximum atomic E-state index is 11.1. The molecule has 2 rings (SSSR count). The number of esters is 1. The first-order valence-corrected chi connectivity index (χ1v) is 8.03. The van der Waals surface area contributed by atoms with E-state index in [0.717, 1.165) is 0 Å². The highest BCUT2D eigenvalue weighted by Crippen LogP contribution is 2.28. The molecule has 0 aromatic heterocycles. The number of rotatable bonds is 7. The standard InChI is InChI=1S/C18H17ClN2O5/c1-3-25-17-8-12(4-7-16(17)26-11(2)22)10-20-21-13-5-6-15(19)14(9-13)18(23)24/h4-10,21H,3H2,1-2H3,(H,23,24)/p-1/b20-10-. The molecule has 1 N–H and O–H groups in total. The third-order valence-electron chi connectivity index (χ3n) is 3.11. The lowest BCUT2D eigenvalue weighted by Crippen LogP contribution is -2.22. The number of carboxylic acids is 1. The van der Waals surface area contributed by atoms with Crippen LogP contribution < -0.4 is 20.0 Å². The lowest BCUT2D eigenvalue weighted by molar-refractivity contribution is -0.255. The van der Waals surface area contributed by atoms with Crippen molar-refractivity contribution >= 4 is 35.4 Å². The third-order valence-corrected chi connectivity index (χ3v) is 3.44. The molecule has 26 heavy (non-hydrogen) atoms. The molecule has 2 aromatic carbocycles. The molecule has 0 bridgehead atoms. The fraction of sp³-hybridized carbons (Fsp3) is 0.167. The monoisotopic (exact) mass is 375 g/mol. The van der Waals surface area contributed by atoms with E-state index < -0.39 is 11.9 Å². The molecule has 7 nitrogen and oxygen atoms in total. The first-order chi connectivity index (χ1) is 12.4. The van der Waals surface area contributed by atoms with Crippen LogP contribution in [0.3, 0.4) is 0 Å². The Morgan fingerprint density at radius 2 is 2.00 bits per heavy atom. The number of hydrogen-bond acceptors (Lipinski definition) is 7. The van der Waals surface area contributed by atoms with Crippen molar-refractivity contribution in [2.75, 3.05) is 12.0 Å². The van der Waals surface area contributed by atoms with Crippen molar-refractivity contribution in [3.8, 4) is 11.5 Å². The Hall–Kier alpha value is -3.06. The molecule has 8 heteroatoms. The fourth-order valence-electron chi connectivity index (χ4n) is 2.05. The maximum Gasteiger partial charge on any atom is 0.308 e. The normalized spacial score (nSPS) is 10.6. The van der Waals surface area contributed by atoms with E-state index in [1.54, 1.807) is 24.3 Å². The summed E-state index contributed by atoms with van der Waals surface area (Å²) in [7, 11) is 0. The number of aromatic carboxylic acids is 1. The van der Waals surface area contributed by atoms with Crippen LogP contribution in [0.5, 0.6) is 11.5 Å². The zero-order chi connectivity index (χ0) is 19.1. The largest absolute Gasteiger partial charge is 0.545 e. The van der Waals surface area contributed by atoms with Crippen molar-refractivity contribution in [2.24, 2.45) is 5.10 Å². The van der Waals surface area contributed by atoms with Crippen LogP contribution >= 0.6 is 11.6 Å². The van der Waals surface area contributed by atoms with Gasteiger partial charge in [-0.3, -0.25) is 10.2 Å². The molecular formula is C18H16ClN2O5-. The van der Waals surface area contributed by atoms with E-state index in [4.69, 9.17) is 21.1 Å². The van der Waals surface area contributed by atoms with E-state index in [2.05, 4.69) is 10.5 Å². The van der Waals surface area contributed by atoms with Crippen LogP contribution in [0.4, 0.5) is 5.69 Å². The minimum Gasteiger partial charge on any atom is -0.545 e. The molecule has 2 aromatic rings. The summed E-state index contributed by atoms with van der Waals surface area (Å²) in [6.07, 6.45) is 1.51. The van der Waals surface area contributed by atoms with E-state index >= 15 is 0 Å². The molecule has 0 unspecified atom stereocenters. The predicted molar refractivity (Wildman–Crippen MR) is 95.9 cm³/mol. The van der Waals surface area contributed by atoms with Gasteiger partial charge in [0.25, 0.3) is 0 Å². The summed E-state index contributed by atoms with van der Waals surface area (Å²) in [4.78, 5) is 22.1. The lowest BCUT2D eigenvalue weighted by atomic mass is 10.2. The second kappa shape index (κ2) is 8.87. The quantitative estimate of drug-likeness (QED) is 0.345. The Morgan fingerprint density at radius 1 is 1.23 bits per heavy atom. The van der Waals surface area contributed by atoms with E-state index in [1.165, 1.54) is 25.3 Å². The Kier molecular flexibility index (Phi) is 6.57. The second-order valence-corrected chi connectivity index (χ2v) is 5.49. The van der Waals surface area contributed by atoms with E-state index in [0.29, 0.717) is 29.4 Å². The smallest absolute Gasteiger partial charge is 0.308 e. The van der Waals surface area contributed by atoms with Crippen molar-refractivity contribution in [3.05, 3.63) is 52.5 Å². The Bertz CT molecular complexity index is 851. The average molecular weight is 376 g/mol. The van der Waals surface area contributed by atoms with Crippen molar-refractivity contribution in [1.29, 1.82) is 0 Å². The molecule has 0 aliphatic rings. The van der Waals surface area contributed by atoms with Crippen LogP contribution in [0.25, 0.3) is 0 Å². The zero-order valence-corrected chi connectivity index (χ0v) is 14.9. The summed E-state index contributed by atoms with van der Waals surface area (Å²) in [5, 5.41) is 15.1. The Morgan fingerprint density at radius 3 is 2.65 bits per heavy atom. The molecular weight excluding hydrogens is 360 g/mol. The van der Waals surface area contributed by atoms with Gasteiger partial charge in [0.2, 0.25) is 0 Å². The highest BCUT2D eigenvalue weighted by molar-refractivity contribution is 6.33. The van der Waals surface area contributed by atoms with Crippen LogP contribution in [0.2, 0.25) is 5.02 Å². The SMILES string of the molecule is CCOc1cc(/C=N\Nc2ccc(Cl)c(C(=O)[O-])c2)ccc1OC(C)=O. The van der Waals surface area contributed by atoms with Gasteiger partial charge in [0.15, 0.2) is 11.5 Å². The molecule has 0 spiro atoms. The van der Waals surface area contributed by atoms with Gasteiger partial charge in [-0.2, -0.15) is 5.10 Å². The number of halogens is 1. The second-order valence-electron chi connectivity index (χ2n) is 5.08. The molecule has 0 heterocycles. The Labute approximate surface area is 155 Å². The van der Waals surface area contributed by atoms with Gasteiger partial charge in [-0.25, -0.2) is 0 Å². The van der Waals surface area contributed by atoms with Gasteiger partial charge in [0, 0.05) is 17.5 Å². The summed E-state index contributed by atoms with van der Waals surface area (Å²) in [5.41, 5.74) is 3.70. The topological polar surface area (TPSA) is 100 Å². The van der Waals surface area contributed by atoms with Crippen LogP contribution in [0.15, 0.2) is 41.5 Å². The first kappa shape index (κ1) is 19.3. The van der Waals surface area contributed by atoms with Crippen molar-refractivity contribution < 1.29 is 24.2 Å². The number of carboxylic acid groups (broad SMARTS) is 1. The van der Waals surface area contributed by atoms with Crippen molar-refractivity contribution in [1.82, 2.24) is 0 Å². The summed E-state index contributed by atoms with van der Waals surface area (Å²) in [5.74, 6) is -1.08. The molecule has 0 amide bonds. The van der Waals surface area contributed by atoms with Crippen LogP contribution in [0.1, 0.15) is 29.8 Å². The lowest BCUT2D eigenvalue weighted by Gasteiger charge is -2.10. The van der Waals surface area contributed by atoms with Gasteiger partial charge in [0.05, 0.1) is 24.5 Å². The summed E-state index contributed by atoms with van der Waals surface area (Å²) >= 11 is 5.78. The number of nitrogens with one attached hydrogen (secondary N) is 1. The van der Waals surface area contributed by atoms with Crippen molar-refractivity contribution in [2.45, 2.75) is 13.8 Å².